The van der Waals surface area contributed by atoms with E-state index in [0.29, 0.717) is 17.0 Å². The van der Waals surface area contributed by atoms with Crippen molar-refractivity contribution in [3.63, 3.8) is 0 Å². The Morgan fingerprint density at radius 2 is 2.00 bits per heavy atom. The lowest BCUT2D eigenvalue weighted by atomic mass is 10.2. The normalized spacial score (nSPS) is 11.6. The maximum absolute atomic E-state index is 11.9. The zero-order valence-electron chi connectivity index (χ0n) is 9.16. The number of unbranched alkanes of at least 4 members (excludes halogenated alkanes) is 1. The Kier molecular flexibility index (Phi) is 3.74. The number of sulfone groups is 1. The van der Waals surface area contributed by atoms with Crippen molar-refractivity contribution in [2.75, 3.05) is 11.5 Å². The molecule has 1 aromatic carbocycles. The minimum atomic E-state index is -3.13. The molecule has 0 aromatic heterocycles. The van der Waals surface area contributed by atoms with E-state index in [-0.39, 0.29) is 5.75 Å². The zero-order valence-corrected chi connectivity index (χ0v) is 9.97. The van der Waals surface area contributed by atoms with Gasteiger partial charge in [0.05, 0.1) is 10.6 Å². The Labute approximate surface area is 91.2 Å². The van der Waals surface area contributed by atoms with Crippen molar-refractivity contribution >= 4 is 15.5 Å². The second-order valence-electron chi connectivity index (χ2n) is 3.70. The number of anilines is 1. The monoisotopic (exact) mass is 227 g/mol. The fourth-order valence-corrected chi connectivity index (χ4v) is 3.18. The van der Waals surface area contributed by atoms with Crippen LogP contribution < -0.4 is 5.73 Å². The Morgan fingerprint density at radius 1 is 1.33 bits per heavy atom. The van der Waals surface area contributed by atoms with E-state index >= 15 is 0 Å². The summed E-state index contributed by atoms with van der Waals surface area (Å²) >= 11 is 0. The van der Waals surface area contributed by atoms with E-state index in [1.807, 2.05) is 6.92 Å². The molecule has 0 fully saturated rings. The highest BCUT2D eigenvalue weighted by Gasteiger charge is 2.15. The third-order valence-electron chi connectivity index (χ3n) is 2.30. The summed E-state index contributed by atoms with van der Waals surface area (Å²) in [7, 11) is -3.13. The summed E-state index contributed by atoms with van der Waals surface area (Å²) in [5.41, 5.74) is 6.90. The summed E-state index contributed by atoms with van der Waals surface area (Å²) in [6.07, 6.45) is 1.58. The average molecular weight is 227 g/mol. The maximum Gasteiger partial charge on any atom is 0.178 e. The standard InChI is InChI=1S/C11H17NO2S/c1-3-4-7-15(13,14)11-6-5-10(12)8-9(11)2/h5-6,8H,3-4,7,12H2,1-2H3. The van der Waals surface area contributed by atoms with Gasteiger partial charge in [0.2, 0.25) is 0 Å². The summed E-state index contributed by atoms with van der Waals surface area (Å²) < 4.78 is 23.8. The number of benzene rings is 1. The first-order valence-electron chi connectivity index (χ1n) is 5.06. The molecule has 3 nitrogen and oxygen atoms in total. The fourth-order valence-electron chi connectivity index (χ4n) is 1.47. The summed E-state index contributed by atoms with van der Waals surface area (Å²) in [5, 5.41) is 0. The maximum atomic E-state index is 11.9. The Bertz CT molecular complexity index is 438. The molecule has 0 atom stereocenters. The quantitative estimate of drug-likeness (QED) is 0.802. The van der Waals surface area contributed by atoms with Crippen molar-refractivity contribution in [1.29, 1.82) is 0 Å². The van der Waals surface area contributed by atoms with Gasteiger partial charge >= 0.3 is 0 Å². The molecule has 0 aliphatic carbocycles. The second kappa shape index (κ2) is 4.66. The number of nitrogens with two attached hydrogens (primary N) is 1. The molecule has 0 saturated heterocycles. The van der Waals surface area contributed by atoms with E-state index in [9.17, 15) is 8.42 Å². The number of aryl methyl sites for hydroxylation is 1. The highest BCUT2D eigenvalue weighted by atomic mass is 32.2. The van der Waals surface area contributed by atoms with Crippen molar-refractivity contribution < 1.29 is 8.42 Å². The minimum Gasteiger partial charge on any atom is -0.399 e. The number of hydrogen-bond donors (Lipinski definition) is 1. The Balaban J connectivity index is 3.05. The smallest absolute Gasteiger partial charge is 0.178 e. The molecule has 0 spiro atoms. The molecule has 4 heteroatoms. The predicted octanol–water partition coefficient (Wildman–Crippen LogP) is 2.15. The van der Waals surface area contributed by atoms with Gasteiger partial charge in [-0.05, 0) is 37.1 Å². The molecule has 0 aliphatic rings. The van der Waals surface area contributed by atoms with E-state index in [4.69, 9.17) is 5.73 Å². The van der Waals surface area contributed by atoms with Gasteiger partial charge in [-0.15, -0.1) is 0 Å². The zero-order chi connectivity index (χ0) is 11.5. The van der Waals surface area contributed by atoms with Crippen LogP contribution in [0.25, 0.3) is 0 Å². The molecule has 0 bridgehead atoms. The largest absolute Gasteiger partial charge is 0.399 e. The molecule has 0 amide bonds. The molecule has 0 saturated carbocycles. The van der Waals surface area contributed by atoms with Crippen molar-refractivity contribution in [3.8, 4) is 0 Å². The Morgan fingerprint density at radius 3 is 2.53 bits per heavy atom. The van der Waals surface area contributed by atoms with Crippen molar-refractivity contribution in [3.05, 3.63) is 23.8 Å². The number of rotatable bonds is 4. The summed E-state index contributed by atoms with van der Waals surface area (Å²) in [6, 6.07) is 4.92. The average Bonchev–Trinajstić information content (AvgIpc) is 2.14. The van der Waals surface area contributed by atoms with Crippen LogP contribution in [-0.4, -0.2) is 14.2 Å². The second-order valence-corrected chi connectivity index (χ2v) is 5.77. The number of nitrogen functional groups attached to an aromatic ring is 1. The van der Waals surface area contributed by atoms with E-state index in [0.717, 1.165) is 12.0 Å². The molecule has 0 aliphatic heterocycles. The van der Waals surface area contributed by atoms with Crippen LogP contribution >= 0.6 is 0 Å². The van der Waals surface area contributed by atoms with Crippen LogP contribution in [0.5, 0.6) is 0 Å². The van der Waals surface area contributed by atoms with Crippen molar-refractivity contribution in [2.24, 2.45) is 0 Å². The van der Waals surface area contributed by atoms with Crippen LogP contribution in [0.1, 0.15) is 25.3 Å². The van der Waals surface area contributed by atoms with E-state index in [1.54, 1.807) is 25.1 Å². The van der Waals surface area contributed by atoms with Crippen LogP contribution in [0.15, 0.2) is 23.1 Å². The number of hydrogen-bond acceptors (Lipinski definition) is 3. The molecule has 15 heavy (non-hydrogen) atoms. The van der Waals surface area contributed by atoms with Crippen molar-refractivity contribution in [1.82, 2.24) is 0 Å². The van der Waals surface area contributed by atoms with Gasteiger partial charge in [-0.2, -0.15) is 0 Å². The van der Waals surface area contributed by atoms with Crippen LogP contribution in [0.4, 0.5) is 5.69 Å². The van der Waals surface area contributed by atoms with Gasteiger partial charge in [-0.3, -0.25) is 0 Å². The van der Waals surface area contributed by atoms with Gasteiger partial charge in [-0.25, -0.2) is 8.42 Å². The molecule has 0 radical (unpaired) electrons. The highest BCUT2D eigenvalue weighted by Crippen LogP contribution is 2.19. The third-order valence-corrected chi connectivity index (χ3v) is 4.25. The van der Waals surface area contributed by atoms with Crippen LogP contribution in [0, 0.1) is 6.92 Å². The van der Waals surface area contributed by atoms with Crippen LogP contribution in [0.3, 0.4) is 0 Å². The molecular formula is C11H17NO2S. The molecule has 0 unspecified atom stereocenters. The van der Waals surface area contributed by atoms with Gasteiger partial charge in [0, 0.05) is 5.69 Å². The highest BCUT2D eigenvalue weighted by molar-refractivity contribution is 7.91. The third kappa shape index (κ3) is 2.96. The first-order chi connectivity index (χ1) is 6.97. The van der Waals surface area contributed by atoms with E-state index in [2.05, 4.69) is 0 Å². The van der Waals surface area contributed by atoms with Gasteiger partial charge in [0.1, 0.15) is 0 Å². The summed E-state index contributed by atoms with van der Waals surface area (Å²) in [5.74, 6) is 0.217. The van der Waals surface area contributed by atoms with Crippen molar-refractivity contribution in [2.45, 2.75) is 31.6 Å². The Hall–Kier alpha value is -1.03. The summed E-state index contributed by atoms with van der Waals surface area (Å²) in [4.78, 5) is 0.408. The summed E-state index contributed by atoms with van der Waals surface area (Å²) in [6.45, 7) is 3.75. The lowest BCUT2D eigenvalue weighted by molar-refractivity contribution is 0.592. The minimum absolute atomic E-state index is 0.217. The first kappa shape index (κ1) is 12.0. The van der Waals surface area contributed by atoms with E-state index < -0.39 is 9.84 Å². The molecule has 84 valence electrons. The van der Waals surface area contributed by atoms with Crippen LogP contribution in [0.2, 0.25) is 0 Å². The SMILES string of the molecule is CCCCS(=O)(=O)c1ccc(N)cc1C. The molecule has 2 N–H and O–H groups in total. The van der Waals surface area contributed by atoms with Gasteiger partial charge in [-0.1, -0.05) is 13.3 Å². The fraction of sp³-hybridized carbons (Fsp3) is 0.455. The first-order valence-corrected chi connectivity index (χ1v) is 6.71. The molecule has 1 aromatic rings. The van der Waals surface area contributed by atoms with Gasteiger partial charge in [0.15, 0.2) is 9.84 Å². The lowest BCUT2D eigenvalue weighted by Gasteiger charge is -2.07. The topological polar surface area (TPSA) is 60.2 Å². The molecular weight excluding hydrogens is 210 g/mol. The molecule has 0 heterocycles. The van der Waals surface area contributed by atoms with Gasteiger partial charge < -0.3 is 5.73 Å². The predicted molar refractivity (Wildman–Crippen MR) is 62.6 cm³/mol. The van der Waals surface area contributed by atoms with E-state index in [1.165, 1.54) is 0 Å². The van der Waals surface area contributed by atoms with Gasteiger partial charge in [0.25, 0.3) is 0 Å². The van der Waals surface area contributed by atoms with Crippen LogP contribution in [-0.2, 0) is 9.84 Å². The molecule has 1 rings (SSSR count). The lowest BCUT2D eigenvalue weighted by Crippen LogP contribution is -2.08.